The lowest BCUT2D eigenvalue weighted by Gasteiger charge is -2.35. The average Bonchev–Trinajstić information content (AvgIpc) is 2.79. The van der Waals surface area contributed by atoms with Gasteiger partial charge in [-0.3, -0.25) is 9.78 Å². The standard InChI is InChI=1S/C21H27N3O6S/c1-29-16-3-2-4-18(11-16)31(27,28)24-19-6-5-17(30-20(19)14-25)12-21(26)23-13-15-7-9-22-10-8-15/h2-4,7-11,17,19-20,24-25H,5-6,12-14H2,1H3,(H,23,26)/t17-,19-,20-/m0/s1. The highest BCUT2D eigenvalue weighted by molar-refractivity contribution is 7.89. The number of carbonyl (C=O) groups is 1. The highest BCUT2D eigenvalue weighted by atomic mass is 32.2. The first kappa shape index (κ1) is 23.1. The normalized spacial score (nSPS) is 21.4. The predicted octanol–water partition coefficient (Wildman–Crippen LogP) is 0.983. The summed E-state index contributed by atoms with van der Waals surface area (Å²) in [5.74, 6) is 0.258. The molecule has 10 heteroatoms. The number of aliphatic hydroxyl groups is 1. The maximum atomic E-state index is 12.7. The Morgan fingerprint density at radius 1 is 1.26 bits per heavy atom. The third kappa shape index (κ3) is 6.47. The van der Waals surface area contributed by atoms with Crippen LogP contribution in [0.5, 0.6) is 5.75 Å². The summed E-state index contributed by atoms with van der Waals surface area (Å²) in [5.41, 5.74) is 0.938. The van der Waals surface area contributed by atoms with Crippen LogP contribution in [-0.2, 0) is 26.1 Å². The van der Waals surface area contributed by atoms with Crippen molar-refractivity contribution in [2.75, 3.05) is 13.7 Å². The fourth-order valence-corrected chi connectivity index (χ4v) is 4.77. The molecule has 1 fully saturated rings. The molecule has 0 radical (unpaired) electrons. The van der Waals surface area contributed by atoms with E-state index in [0.717, 1.165) is 5.56 Å². The number of aromatic nitrogens is 1. The molecule has 9 nitrogen and oxygen atoms in total. The zero-order chi connectivity index (χ0) is 22.3. The fourth-order valence-electron chi connectivity index (χ4n) is 3.43. The molecule has 1 aliphatic heterocycles. The highest BCUT2D eigenvalue weighted by Crippen LogP contribution is 2.24. The van der Waals surface area contributed by atoms with Gasteiger partial charge in [0, 0.05) is 25.0 Å². The summed E-state index contributed by atoms with van der Waals surface area (Å²) in [6.07, 6.45) is 3.24. The van der Waals surface area contributed by atoms with Crippen molar-refractivity contribution >= 4 is 15.9 Å². The Bertz CT molecular complexity index is 970. The van der Waals surface area contributed by atoms with Gasteiger partial charge >= 0.3 is 0 Å². The highest BCUT2D eigenvalue weighted by Gasteiger charge is 2.34. The van der Waals surface area contributed by atoms with E-state index in [9.17, 15) is 18.3 Å². The zero-order valence-corrected chi connectivity index (χ0v) is 18.0. The lowest BCUT2D eigenvalue weighted by Crippen LogP contribution is -2.51. The molecule has 31 heavy (non-hydrogen) atoms. The summed E-state index contributed by atoms with van der Waals surface area (Å²) in [6, 6.07) is 9.18. The number of nitrogens with zero attached hydrogens (tertiary/aromatic N) is 1. The molecule has 1 aromatic carbocycles. The second-order valence-corrected chi connectivity index (χ2v) is 9.01. The molecular weight excluding hydrogens is 422 g/mol. The molecule has 1 saturated heterocycles. The van der Waals surface area contributed by atoms with Crippen LogP contribution in [0.15, 0.2) is 53.7 Å². The van der Waals surface area contributed by atoms with Crippen LogP contribution in [0.25, 0.3) is 0 Å². The number of rotatable bonds is 9. The van der Waals surface area contributed by atoms with E-state index in [-0.39, 0.29) is 23.8 Å². The van der Waals surface area contributed by atoms with Gasteiger partial charge in [-0.05, 0) is 42.7 Å². The number of aliphatic hydroxyl groups excluding tert-OH is 1. The Balaban J connectivity index is 1.54. The summed E-state index contributed by atoms with van der Waals surface area (Å²) >= 11 is 0. The van der Waals surface area contributed by atoms with Crippen molar-refractivity contribution in [3.05, 3.63) is 54.4 Å². The number of sulfonamides is 1. The Hall–Kier alpha value is -2.53. The second kappa shape index (κ2) is 10.7. The number of amides is 1. The van der Waals surface area contributed by atoms with Crippen LogP contribution in [0.4, 0.5) is 0 Å². The van der Waals surface area contributed by atoms with Gasteiger partial charge in [-0.15, -0.1) is 0 Å². The van der Waals surface area contributed by atoms with Crippen LogP contribution in [0.2, 0.25) is 0 Å². The van der Waals surface area contributed by atoms with Crippen molar-refractivity contribution in [3.8, 4) is 5.75 Å². The summed E-state index contributed by atoms with van der Waals surface area (Å²) < 4.78 is 39.0. The van der Waals surface area contributed by atoms with Crippen molar-refractivity contribution in [3.63, 3.8) is 0 Å². The smallest absolute Gasteiger partial charge is 0.241 e. The van der Waals surface area contributed by atoms with Crippen molar-refractivity contribution in [2.24, 2.45) is 0 Å². The molecule has 168 valence electrons. The molecule has 3 atom stereocenters. The zero-order valence-electron chi connectivity index (χ0n) is 17.2. The number of carbonyl (C=O) groups excluding carboxylic acids is 1. The van der Waals surface area contributed by atoms with E-state index in [2.05, 4.69) is 15.0 Å². The van der Waals surface area contributed by atoms with Crippen LogP contribution in [0.1, 0.15) is 24.8 Å². The molecular formula is C21H27N3O6S. The van der Waals surface area contributed by atoms with Gasteiger partial charge in [0.2, 0.25) is 15.9 Å². The molecule has 0 aliphatic carbocycles. The predicted molar refractivity (Wildman–Crippen MR) is 113 cm³/mol. The maximum Gasteiger partial charge on any atom is 0.241 e. The minimum atomic E-state index is -3.82. The van der Waals surface area contributed by atoms with E-state index in [4.69, 9.17) is 9.47 Å². The van der Waals surface area contributed by atoms with Gasteiger partial charge in [-0.2, -0.15) is 0 Å². The number of methoxy groups -OCH3 is 1. The van der Waals surface area contributed by atoms with E-state index in [1.165, 1.54) is 19.2 Å². The molecule has 3 rings (SSSR count). The minimum Gasteiger partial charge on any atom is -0.497 e. The summed E-state index contributed by atoms with van der Waals surface area (Å²) in [7, 11) is -2.36. The molecule has 0 bridgehead atoms. The quantitative estimate of drug-likeness (QED) is 0.521. The first-order valence-corrected chi connectivity index (χ1v) is 11.5. The molecule has 2 aromatic rings. The van der Waals surface area contributed by atoms with E-state index >= 15 is 0 Å². The van der Waals surface area contributed by atoms with E-state index in [1.807, 2.05) is 12.1 Å². The summed E-state index contributed by atoms with van der Waals surface area (Å²) in [5, 5.41) is 12.6. The lowest BCUT2D eigenvalue weighted by atomic mass is 9.98. The molecule has 3 N–H and O–H groups in total. The maximum absolute atomic E-state index is 12.7. The monoisotopic (exact) mass is 449 g/mol. The molecule has 0 unspecified atom stereocenters. The van der Waals surface area contributed by atoms with Crippen LogP contribution in [-0.4, -0.2) is 56.4 Å². The molecule has 0 spiro atoms. The van der Waals surface area contributed by atoms with Gasteiger partial charge in [-0.1, -0.05) is 6.07 Å². The molecule has 1 aromatic heterocycles. The van der Waals surface area contributed by atoms with Crippen LogP contribution >= 0.6 is 0 Å². The molecule has 2 heterocycles. The number of hydrogen-bond acceptors (Lipinski definition) is 7. The Labute approximate surface area is 181 Å². The lowest BCUT2D eigenvalue weighted by molar-refractivity contribution is -0.130. The minimum absolute atomic E-state index is 0.0705. The number of pyridine rings is 1. The topological polar surface area (TPSA) is 127 Å². The number of hydrogen-bond donors (Lipinski definition) is 3. The second-order valence-electron chi connectivity index (χ2n) is 7.30. The van der Waals surface area contributed by atoms with Crippen molar-refractivity contribution in [2.45, 2.75) is 49.0 Å². The van der Waals surface area contributed by atoms with Crippen molar-refractivity contribution < 1.29 is 27.8 Å². The SMILES string of the molecule is COc1cccc(S(=O)(=O)N[C@H]2CC[C@@H](CC(=O)NCc3ccncc3)O[C@H]2CO)c1. The van der Waals surface area contributed by atoms with Gasteiger partial charge in [0.1, 0.15) is 5.75 Å². The third-order valence-electron chi connectivity index (χ3n) is 5.11. The molecule has 1 amide bonds. The number of nitrogens with one attached hydrogen (secondary N) is 2. The van der Waals surface area contributed by atoms with Crippen LogP contribution < -0.4 is 14.8 Å². The van der Waals surface area contributed by atoms with Gasteiger partial charge in [-0.25, -0.2) is 13.1 Å². The van der Waals surface area contributed by atoms with E-state index in [1.54, 1.807) is 24.5 Å². The number of benzene rings is 1. The largest absolute Gasteiger partial charge is 0.497 e. The first-order valence-electron chi connectivity index (χ1n) is 9.99. The van der Waals surface area contributed by atoms with E-state index in [0.29, 0.717) is 25.1 Å². The Kier molecular flexibility index (Phi) is 7.97. The molecule has 0 saturated carbocycles. The van der Waals surface area contributed by atoms with E-state index < -0.39 is 28.3 Å². The molecule has 1 aliphatic rings. The average molecular weight is 450 g/mol. The first-order chi connectivity index (χ1) is 14.9. The van der Waals surface area contributed by atoms with Gasteiger partial charge in [0.15, 0.2) is 0 Å². The Morgan fingerprint density at radius 2 is 2.03 bits per heavy atom. The van der Waals surface area contributed by atoms with Crippen molar-refractivity contribution in [1.82, 2.24) is 15.0 Å². The van der Waals surface area contributed by atoms with Gasteiger partial charge in [0.25, 0.3) is 0 Å². The Morgan fingerprint density at radius 3 is 2.74 bits per heavy atom. The summed E-state index contributed by atoms with van der Waals surface area (Å²) in [4.78, 5) is 16.2. The summed E-state index contributed by atoms with van der Waals surface area (Å²) in [6.45, 7) is 0.0287. The van der Waals surface area contributed by atoms with Gasteiger partial charge < -0.3 is 19.9 Å². The van der Waals surface area contributed by atoms with Crippen LogP contribution in [0, 0.1) is 0 Å². The number of ether oxygens (including phenoxy) is 2. The third-order valence-corrected chi connectivity index (χ3v) is 6.59. The van der Waals surface area contributed by atoms with Crippen LogP contribution in [0.3, 0.4) is 0 Å². The van der Waals surface area contributed by atoms with Crippen molar-refractivity contribution in [1.29, 1.82) is 0 Å². The van der Waals surface area contributed by atoms with Gasteiger partial charge in [0.05, 0.1) is 43.3 Å². The fraction of sp³-hybridized carbons (Fsp3) is 0.429.